The van der Waals surface area contributed by atoms with E-state index in [1.807, 2.05) is 7.05 Å². The van der Waals surface area contributed by atoms with Crippen molar-refractivity contribution >= 4 is 11.4 Å². The van der Waals surface area contributed by atoms with Gasteiger partial charge in [-0.2, -0.15) is 0 Å². The van der Waals surface area contributed by atoms with Gasteiger partial charge in [0, 0.05) is 30.6 Å². The van der Waals surface area contributed by atoms with Crippen LogP contribution in [-0.2, 0) is 0 Å². The molecule has 15 heavy (non-hydrogen) atoms. The molecule has 1 aromatic rings. The highest BCUT2D eigenvalue weighted by atomic mass is 14.9. The highest BCUT2D eigenvalue weighted by molar-refractivity contribution is 6.06. The molecule has 2 heteroatoms. The zero-order valence-electron chi connectivity index (χ0n) is 9.72. The molecular weight excluding hydrogens is 184 g/mol. The number of aryl methyl sites for hydroxylation is 2. The van der Waals surface area contributed by atoms with E-state index in [4.69, 9.17) is 0 Å². The maximum atomic E-state index is 4.41. The summed E-state index contributed by atoms with van der Waals surface area (Å²) in [5.41, 5.74) is 6.46. The number of benzene rings is 1. The van der Waals surface area contributed by atoms with Gasteiger partial charge in [0.25, 0.3) is 0 Å². The predicted molar refractivity (Wildman–Crippen MR) is 66.1 cm³/mol. The zero-order valence-corrected chi connectivity index (χ0v) is 9.72. The number of hydrogen-bond donors (Lipinski definition) is 1. The molecule has 1 aliphatic rings. The topological polar surface area (TPSA) is 24.4 Å². The SMILES string of the molecule is CN=C1CCCNc2c(C)cc(C)cc21. The Kier molecular flexibility index (Phi) is 2.76. The summed E-state index contributed by atoms with van der Waals surface area (Å²) >= 11 is 0. The van der Waals surface area contributed by atoms with Crippen molar-refractivity contribution in [1.82, 2.24) is 0 Å². The van der Waals surface area contributed by atoms with Crippen molar-refractivity contribution in [2.24, 2.45) is 4.99 Å². The Morgan fingerprint density at radius 3 is 2.80 bits per heavy atom. The largest absolute Gasteiger partial charge is 0.384 e. The summed E-state index contributed by atoms with van der Waals surface area (Å²) in [5, 5.41) is 3.50. The van der Waals surface area contributed by atoms with E-state index < -0.39 is 0 Å². The third-order valence-electron chi connectivity index (χ3n) is 2.95. The molecule has 0 atom stereocenters. The summed E-state index contributed by atoms with van der Waals surface area (Å²) in [4.78, 5) is 4.41. The summed E-state index contributed by atoms with van der Waals surface area (Å²) in [6, 6.07) is 4.47. The van der Waals surface area contributed by atoms with Gasteiger partial charge in [-0.15, -0.1) is 0 Å². The third kappa shape index (κ3) is 1.89. The fraction of sp³-hybridized carbons (Fsp3) is 0.462. The minimum absolute atomic E-state index is 1.05. The average molecular weight is 202 g/mol. The number of fused-ring (bicyclic) bond motifs is 1. The predicted octanol–water partition coefficient (Wildman–Crippen LogP) is 2.93. The van der Waals surface area contributed by atoms with E-state index in [-0.39, 0.29) is 0 Å². The van der Waals surface area contributed by atoms with Crippen molar-refractivity contribution in [2.75, 3.05) is 18.9 Å². The molecule has 2 nitrogen and oxygen atoms in total. The number of aliphatic imine (C=N–C) groups is 1. The first-order valence-electron chi connectivity index (χ1n) is 5.53. The highest BCUT2D eigenvalue weighted by Gasteiger charge is 2.14. The van der Waals surface area contributed by atoms with Gasteiger partial charge in [0.2, 0.25) is 0 Å². The summed E-state index contributed by atoms with van der Waals surface area (Å²) in [6.45, 7) is 5.36. The van der Waals surface area contributed by atoms with Crippen molar-refractivity contribution < 1.29 is 0 Å². The van der Waals surface area contributed by atoms with E-state index in [0.717, 1.165) is 13.0 Å². The van der Waals surface area contributed by atoms with Crippen LogP contribution < -0.4 is 5.32 Å². The first kappa shape index (κ1) is 10.2. The molecule has 0 spiro atoms. The number of nitrogens with zero attached hydrogens (tertiary/aromatic N) is 1. The van der Waals surface area contributed by atoms with Crippen LogP contribution in [0.25, 0.3) is 0 Å². The summed E-state index contributed by atoms with van der Waals surface area (Å²) in [7, 11) is 1.89. The number of hydrogen-bond acceptors (Lipinski definition) is 2. The lowest BCUT2D eigenvalue weighted by atomic mass is 9.99. The summed E-state index contributed by atoms with van der Waals surface area (Å²) in [5.74, 6) is 0. The Bertz CT molecular complexity index is 405. The lowest BCUT2D eigenvalue weighted by Crippen LogP contribution is -2.04. The van der Waals surface area contributed by atoms with Gasteiger partial charge in [-0.1, -0.05) is 11.6 Å². The molecule has 0 fully saturated rings. The van der Waals surface area contributed by atoms with Gasteiger partial charge in [0.15, 0.2) is 0 Å². The van der Waals surface area contributed by atoms with E-state index >= 15 is 0 Å². The first-order chi connectivity index (χ1) is 7.22. The van der Waals surface area contributed by atoms with Crippen LogP contribution in [0.4, 0.5) is 5.69 Å². The second-order valence-corrected chi connectivity index (χ2v) is 4.21. The second-order valence-electron chi connectivity index (χ2n) is 4.21. The summed E-state index contributed by atoms with van der Waals surface area (Å²) < 4.78 is 0. The monoisotopic (exact) mass is 202 g/mol. The van der Waals surface area contributed by atoms with Crippen LogP contribution in [0, 0.1) is 13.8 Å². The van der Waals surface area contributed by atoms with Gasteiger partial charge in [-0.3, -0.25) is 4.99 Å². The van der Waals surface area contributed by atoms with Crippen molar-refractivity contribution in [3.8, 4) is 0 Å². The molecule has 2 rings (SSSR count). The first-order valence-corrected chi connectivity index (χ1v) is 5.53. The lowest BCUT2D eigenvalue weighted by Gasteiger charge is -2.13. The minimum Gasteiger partial charge on any atom is -0.384 e. The van der Waals surface area contributed by atoms with E-state index in [1.54, 1.807) is 0 Å². The van der Waals surface area contributed by atoms with Crippen molar-refractivity contribution in [3.63, 3.8) is 0 Å². The van der Waals surface area contributed by atoms with Gasteiger partial charge in [0.1, 0.15) is 0 Å². The van der Waals surface area contributed by atoms with E-state index in [1.165, 1.54) is 34.5 Å². The standard InChI is InChI=1S/C13H18N2/c1-9-7-10(2)13-11(8-9)12(14-3)5-4-6-15-13/h7-8,15H,4-6H2,1-3H3. The number of nitrogens with one attached hydrogen (secondary N) is 1. The smallest absolute Gasteiger partial charge is 0.0462 e. The Labute approximate surface area is 91.4 Å². The molecule has 0 bridgehead atoms. The summed E-state index contributed by atoms with van der Waals surface area (Å²) in [6.07, 6.45) is 2.25. The van der Waals surface area contributed by atoms with Crippen LogP contribution in [0.3, 0.4) is 0 Å². The zero-order chi connectivity index (χ0) is 10.8. The third-order valence-corrected chi connectivity index (χ3v) is 2.95. The molecule has 0 radical (unpaired) electrons. The molecule has 0 unspecified atom stereocenters. The molecular formula is C13H18N2. The molecule has 0 aromatic heterocycles. The van der Waals surface area contributed by atoms with Crippen LogP contribution in [0.15, 0.2) is 17.1 Å². The molecule has 0 saturated heterocycles. The van der Waals surface area contributed by atoms with E-state index in [0.29, 0.717) is 0 Å². The van der Waals surface area contributed by atoms with Gasteiger partial charge in [0.05, 0.1) is 0 Å². The van der Waals surface area contributed by atoms with Gasteiger partial charge >= 0.3 is 0 Å². The Balaban J connectivity index is 2.60. The minimum atomic E-state index is 1.05. The normalized spacial score (nSPS) is 18.2. The quantitative estimate of drug-likeness (QED) is 0.687. The molecule has 80 valence electrons. The van der Waals surface area contributed by atoms with E-state index in [2.05, 4.69) is 36.3 Å². The van der Waals surface area contributed by atoms with Gasteiger partial charge in [-0.25, -0.2) is 0 Å². The Morgan fingerprint density at radius 1 is 1.27 bits per heavy atom. The molecule has 0 amide bonds. The lowest BCUT2D eigenvalue weighted by molar-refractivity contribution is 0.925. The second kappa shape index (κ2) is 4.05. The van der Waals surface area contributed by atoms with Gasteiger partial charge in [-0.05, 0) is 38.3 Å². The highest BCUT2D eigenvalue weighted by Crippen LogP contribution is 2.27. The maximum absolute atomic E-state index is 4.41. The van der Waals surface area contributed by atoms with Crippen LogP contribution in [0.1, 0.15) is 29.5 Å². The molecule has 1 N–H and O–H groups in total. The number of anilines is 1. The van der Waals surface area contributed by atoms with Crippen molar-refractivity contribution in [3.05, 3.63) is 28.8 Å². The Hall–Kier alpha value is -1.31. The molecule has 1 heterocycles. The van der Waals surface area contributed by atoms with Crippen LogP contribution in [-0.4, -0.2) is 19.3 Å². The maximum Gasteiger partial charge on any atom is 0.0462 e. The van der Waals surface area contributed by atoms with Crippen LogP contribution >= 0.6 is 0 Å². The fourth-order valence-corrected chi connectivity index (χ4v) is 2.27. The molecule has 0 saturated carbocycles. The van der Waals surface area contributed by atoms with Crippen LogP contribution in [0.2, 0.25) is 0 Å². The fourth-order valence-electron chi connectivity index (χ4n) is 2.27. The molecule has 1 aromatic carbocycles. The van der Waals surface area contributed by atoms with Crippen LogP contribution in [0.5, 0.6) is 0 Å². The van der Waals surface area contributed by atoms with Crippen molar-refractivity contribution in [2.45, 2.75) is 26.7 Å². The average Bonchev–Trinajstić information content (AvgIpc) is 2.39. The number of rotatable bonds is 0. The van der Waals surface area contributed by atoms with E-state index in [9.17, 15) is 0 Å². The Morgan fingerprint density at radius 2 is 2.07 bits per heavy atom. The van der Waals surface area contributed by atoms with Gasteiger partial charge < -0.3 is 5.32 Å². The molecule has 1 aliphatic heterocycles. The molecule has 0 aliphatic carbocycles. The van der Waals surface area contributed by atoms with Crippen molar-refractivity contribution in [1.29, 1.82) is 0 Å².